The van der Waals surface area contributed by atoms with Crippen molar-refractivity contribution in [1.29, 1.82) is 0 Å². The maximum absolute atomic E-state index is 14.1. The Bertz CT molecular complexity index is 1260. The molecule has 0 radical (unpaired) electrons. The van der Waals surface area contributed by atoms with E-state index in [1.807, 2.05) is 4.90 Å². The smallest absolute Gasteiger partial charge is 0.296 e. The quantitative estimate of drug-likeness (QED) is 0.386. The molecule has 0 unspecified atom stereocenters. The molecule has 1 aliphatic heterocycles. The highest BCUT2D eigenvalue weighted by atomic mass is 19.3. The van der Waals surface area contributed by atoms with Crippen LogP contribution in [0.1, 0.15) is 44.4 Å². The highest BCUT2D eigenvalue weighted by Crippen LogP contribution is 2.32. The number of aromatic nitrogens is 4. The average Bonchev–Trinajstić information content (AvgIpc) is 3.36. The molecule has 1 saturated carbocycles. The van der Waals surface area contributed by atoms with E-state index in [1.165, 1.54) is 4.57 Å². The number of para-hydroxylation sites is 2. The number of hydrogen-bond acceptors (Lipinski definition) is 8. The van der Waals surface area contributed by atoms with Crippen LogP contribution in [0.4, 0.5) is 14.7 Å². The monoisotopic (exact) mass is 544 g/mol. The molecule has 12 heteroatoms. The number of methoxy groups -OCH3 is 1. The number of fused-ring (bicyclic) bond motifs is 1. The van der Waals surface area contributed by atoms with E-state index < -0.39 is 6.43 Å². The first-order valence-corrected chi connectivity index (χ1v) is 13.4. The van der Waals surface area contributed by atoms with Gasteiger partial charge in [0.1, 0.15) is 11.9 Å². The van der Waals surface area contributed by atoms with E-state index in [0.29, 0.717) is 88.0 Å². The zero-order valence-electron chi connectivity index (χ0n) is 22.0. The molecule has 1 amide bonds. The van der Waals surface area contributed by atoms with E-state index in [0.717, 1.165) is 6.42 Å². The summed E-state index contributed by atoms with van der Waals surface area (Å²) in [7, 11) is 1.64. The average molecular weight is 545 g/mol. The summed E-state index contributed by atoms with van der Waals surface area (Å²) in [5.41, 5.74) is 0.989. The van der Waals surface area contributed by atoms with Crippen molar-refractivity contribution in [2.45, 2.75) is 44.6 Å². The Morgan fingerprint density at radius 3 is 2.64 bits per heavy atom. The zero-order chi connectivity index (χ0) is 27.2. The second-order valence-electron chi connectivity index (χ2n) is 9.79. The van der Waals surface area contributed by atoms with Gasteiger partial charge in [-0.05, 0) is 44.2 Å². The molecule has 1 aliphatic carbocycles. The van der Waals surface area contributed by atoms with Crippen molar-refractivity contribution >= 4 is 22.9 Å². The number of morpholine rings is 1. The maximum atomic E-state index is 14.1. The third kappa shape index (κ3) is 6.44. The van der Waals surface area contributed by atoms with Crippen molar-refractivity contribution in [1.82, 2.24) is 24.8 Å². The largest absolute Gasteiger partial charge is 0.474 e. The minimum Gasteiger partial charge on any atom is -0.474 e. The molecule has 2 aliphatic rings. The number of carbonyl (C=O) groups is 1. The standard InChI is InChI=1S/C27H34F2N6O4/c1-37-14-4-11-30-26(36)18-7-9-19(10-8-18)39-23-17-22(32-27(33-23)34-12-15-38-16-13-34)35-21-6-3-2-5-20(21)31-25(35)24(28)29/h2-3,5-6,17-19,24H,4,7-16H2,1H3,(H,30,36). The second kappa shape index (κ2) is 12.6. The summed E-state index contributed by atoms with van der Waals surface area (Å²) in [5.74, 6) is 0.610. The molecule has 3 aromatic rings. The van der Waals surface area contributed by atoms with Gasteiger partial charge in [0.2, 0.25) is 17.7 Å². The number of benzene rings is 1. The van der Waals surface area contributed by atoms with Crippen molar-refractivity contribution in [2.24, 2.45) is 5.92 Å². The van der Waals surface area contributed by atoms with Crippen LogP contribution in [-0.4, -0.2) is 78.1 Å². The number of hydrogen-bond donors (Lipinski definition) is 1. The van der Waals surface area contributed by atoms with E-state index in [2.05, 4.69) is 20.3 Å². The number of rotatable bonds is 10. The Labute approximate surface area is 225 Å². The summed E-state index contributed by atoms with van der Waals surface area (Å²) in [6, 6.07) is 8.58. The third-order valence-corrected chi connectivity index (χ3v) is 7.14. The summed E-state index contributed by atoms with van der Waals surface area (Å²) < 4.78 is 46.3. The van der Waals surface area contributed by atoms with Crippen molar-refractivity contribution in [3.05, 3.63) is 36.2 Å². The van der Waals surface area contributed by atoms with Gasteiger partial charge in [-0.1, -0.05) is 12.1 Å². The lowest BCUT2D eigenvalue weighted by Crippen LogP contribution is -2.38. The summed E-state index contributed by atoms with van der Waals surface area (Å²) in [4.78, 5) is 28.0. The summed E-state index contributed by atoms with van der Waals surface area (Å²) >= 11 is 0. The van der Waals surface area contributed by atoms with Gasteiger partial charge in [0.25, 0.3) is 6.43 Å². The minimum atomic E-state index is -2.79. The molecular weight excluding hydrogens is 510 g/mol. The van der Waals surface area contributed by atoms with Crippen LogP contribution < -0.4 is 15.0 Å². The number of imidazole rings is 1. The highest BCUT2D eigenvalue weighted by molar-refractivity contribution is 5.79. The topological polar surface area (TPSA) is 104 Å². The SMILES string of the molecule is COCCCNC(=O)C1CCC(Oc2cc(-n3c(C(F)F)nc4ccccc43)nc(N3CCOCC3)n2)CC1. The van der Waals surface area contributed by atoms with Gasteiger partial charge in [-0.25, -0.2) is 13.8 Å². The van der Waals surface area contributed by atoms with E-state index >= 15 is 0 Å². The van der Waals surface area contributed by atoms with Crippen LogP contribution in [0.15, 0.2) is 30.3 Å². The van der Waals surface area contributed by atoms with Gasteiger partial charge < -0.3 is 24.4 Å². The molecule has 1 aromatic carbocycles. The molecule has 210 valence electrons. The van der Waals surface area contributed by atoms with E-state index in [-0.39, 0.29) is 29.6 Å². The predicted octanol–water partition coefficient (Wildman–Crippen LogP) is 3.68. The fraction of sp³-hybridized carbons (Fsp3) is 0.556. The van der Waals surface area contributed by atoms with E-state index in [9.17, 15) is 13.6 Å². The molecule has 39 heavy (non-hydrogen) atoms. The van der Waals surface area contributed by atoms with Crippen molar-refractivity contribution in [3.63, 3.8) is 0 Å². The van der Waals surface area contributed by atoms with Gasteiger partial charge in [0, 0.05) is 45.3 Å². The van der Waals surface area contributed by atoms with Crippen LogP contribution in [-0.2, 0) is 14.3 Å². The molecule has 0 spiro atoms. The van der Waals surface area contributed by atoms with Crippen molar-refractivity contribution in [2.75, 3.05) is 51.5 Å². The first-order chi connectivity index (χ1) is 19.0. The molecule has 10 nitrogen and oxygen atoms in total. The first-order valence-electron chi connectivity index (χ1n) is 13.4. The summed E-state index contributed by atoms with van der Waals surface area (Å²) in [5, 5.41) is 2.98. The molecule has 2 fully saturated rings. The van der Waals surface area contributed by atoms with Crippen LogP contribution in [0.2, 0.25) is 0 Å². The van der Waals surface area contributed by atoms with Gasteiger partial charge in [0.15, 0.2) is 5.82 Å². The fourth-order valence-corrected chi connectivity index (χ4v) is 5.10. The van der Waals surface area contributed by atoms with Crippen LogP contribution in [0, 0.1) is 5.92 Å². The molecule has 3 heterocycles. The molecule has 0 atom stereocenters. The zero-order valence-corrected chi connectivity index (χ0v) is 22.0. The number of ether oxygens (including phenoxy) is 3. The Morgan fingerprint density at radius 1 is 1.13 bits per heavy atom. The highest BCUT2D eigenvalue weighted by Gasteiger charge is 2.29. The third-order valence-electron chi connectivity index (χ3n) is 7.14. The number of nitrogens with zero attached hydrogens (tertiary/aromatic N) is 5. The minimum absolute atomic E-state index is 0.0526. The summed E-state index contributed by atoms with van der Waals surface area (Å²) in [6.45, 7) is 3.43. The lowest BCUT2D eigenvalue weighted by molar-refractivity contribution is -0.126. The van der Waals surface area contributed by atoms with Crippen LogP contribution in [0.5, 0.6) is 5.88 Å². The number of nitrogens with one attached hydrogen (secondary N) is 1. The maximum Gasteiger partial charge on any atom is 0.296 e. The normalized spacial score (nSPS) is 19.9. The van der Waals surface area contributed by atoms with Crippen LogP contribution in [0.25, 0.3) is 16.9 Å². The number of amides is 1. The fourth-order valence-electron chi connectivity index (χ4n) is 5.10. The van der Waals surface area contributed by atoms with Gasteiger partial charge in [-0.3, -0.25) is 9.36 Å². The molecule has 0 bridgehead atoms. The molecule has 1 saturated heterocycles. The predicted molar refractivity (Wildman–Crippen MR) is 141 cm³/mol. The Hall–Kier alpha value is -3.38. The number of carbonyl (C=O) groups excluding carboxylic acids is 1. The van der Waals surface area contributed by atoms with Gasteiger partial charge in [-0.2, -0.15) is 9.97 Å². The Morgan fingerprint density at radius 2 is 1.90 bits per heavy atom. The lowest BCUT2D eigenvalue weighted by atomic mass is 9.87. The molecule has 5 rings (SSSR count). The van der Waals surface area contributed by atoms with Crippen LogP contribution >= 0.6 is 0 Å². The van der Waals surface area contributed by atoms with Gasteiger partial charge in [0.05, 0.1) is 24.2 Å². The van der Waals surface area contributed by atoms with Crippen LogP contribution in [0.3, 0.4) is 0 Å². The summed E-state index contributed by atoms with van der Waals surface area (Å²) in [6.07, 6.45) is 0.642. The van der Waals surface area contributed by atoms with Gasteiger partial charge >= 0.3 is 0 Å². The van der Waals surface area contributed by atoms with E-state index in [1.54, 1.807) is 37.4 Å². The van der Waals surface area contributed by atoms with Crippen molar-refractivity contribution in [3.8, 4) is 11.7 Å². The molecular formula is C27H34F2N6O4. The van der Waals surface area contributed by atoms with E-state index in [4.69, 9.17) is 14.2 Å². The molecule has 2 aromatic heterocycles. The van der Waals surface area contributed by atoms with Gasteiger partial charge in [-0.15, -0.1) is 0 Å². The molecule has 1 N–H and O–H groups in total. The lowest BCUT2D eigenvalue weighted by Gasteiger charge is -2.29. The van der Waals surface area contributed by atoms with Crippen molar-refractivity contribution < 1.29 is 27.8 Å². The number of halogens is 2. The second-order valence-corrected chi connectivity index (χ2v) is 9.79. The Balaban J connectivity index is 1.37. The first kappa shape index (κ1) is 27.2. The Kier molecular flexibility index (Phi) is 8.82. The number of anilines is 1. The number of alkyl halides is 2.